The van der Waals surface area contributed by atoms with Gasteiger partial charge in [0.2, 0.25) is 15.9 Å². The van der Waals surface area contributed by atoms with Crippen LogP contribution in [0.2, 0.25) is 0 Å². The third-order valence-corrected chi connectivity index (χ3v) is 7.55. The maximum Gasteiger partial charge on any atom is 0.271 e. The molecule has 2 aliphatic rings. The number of amides is 2. The summed E-state index contributed by atoms with van der Waals surface area (Å²) in [5.74, 6) is -1.18. The second-order valence-corrected chi connectivity index (χ2v) is 9.67. The smallest absolute Gasteiger partial charge is 0.271 e. The number of hydrogen-bond donors (Lipinski definition) is 2. The van der Waals surface area contributed by atoms with Gasteiger partial charge in [0.1, 0.15) is 16.6 Å². The molecule has 4 rings (SSSR count). The van der Waals surface area contributed by atoms with Crippen molar-refractivity contribution in [2.75, 3.05) is 23.4 Å². The highest BCUT2D eigenvalue weighted by Gasteiger charge is 2.36. The van der Waals surface area contributed by atoms with Gasteiger partial charge < -0.3 is 11.1 Å². The van der Waals surface area contributed by atoms with E-state index in [1.165, 1.54) is 15.4 Å². The number of carbonyl (C=O) groups excluding carboxylic acids is 2. The zero-order valence-electron chi connectivity index (χ0n) is 17.5. The van der Waals surface area contributed by atoms with Gasteiger partial charge in [-0.25, -0.2) is 8.42 Å². The Kier molecular flexibility index (Phi) is 6.24. The molecule has 1 saturated heterocycles. The van der Waals surface area contributed by atoms with Gasteiger partial charge in [-0.1, -0.05) is 36.8 Å². The van der Waals surface area contributed by atoms with Gasteiger partial charge in [-0.3, -0.25) is 14.6 Å². The molecule has 2 amide bonds. The maximum atomic E-state index is 13.2. The van der Waals surface area contributed by atoms with Gasteiger partial charge in [0, 0.05) is 19.5 Å². The third-order valence-electron chi connectivity index (χ3n) is 5.59. The number of nitrogens with two attached hydrogens (primary N) is 1. The Morgan fingerprint density at radius 3 is 2.31 bits per heavy atom. The number of hydrogen-bond acceptors (Lipinski definition) is 6. The molecule has 2 aromatic rings. The highest BCUT2D eigenvalue weighted by molar-refractivity contribution is 7.89. The fourth-order valence-electron chi connectivity index (χ4n) is 3.92. The molecule has 3 N–H and O–H groups in total. The molecule has 0 saturated carbocycles. The number of hydrazone groups is 1. The van der Waals surface area contributed by atoms with E-state index in [2.05, 4.69) is 10.4 Å². The zero-order valence-corrected chi connectivity index (χ0v) is 18.3. The van der Waals surface area contributed by atoms with Crippen molar-refractivity contribution in [2.45, 2.75) is 36.6 Å². The molecule has 2 aromatic carbocycles. The molecule has 1 unspecified atom stereocenters. The lowest BCUT2D eigenvalue weighted by atomic mass is 10.1. The summed E-state index contributed by atoms with van der Waals surface area (Å²) in [5.41, 5.74) is 6.45. The lowest BCUT2D eigenvalue weighted by Crippen LogP contribution is -2.39. The number of rotatable bonds is 6. The van der Waals surface area contributed by atoms with Gasteiger partial charge in [-0.15, -0.1) is 0 Å². The van der Waals surface area contributed by atoms with Crippen molar-refractivity contribution in [1.82, 2.24) is 4.31 Å². The van der Waals surface area contributed by atoms with E-state index in [0.29, 0.717) is 18.8 Å². The minimum atomic E-state index is -3.75. The summed E-state index contributed by atoms with van der Waals surface area (Å²) in [6.07, 6.45) is 2.66. The van der Waals surface area contributed by atoms with E-state index in [-0.39, 0.29) is 22.7 Å². The SMILES string of the molecule is NC(=O)C1CC(C(=O)Nc2ccccc2S(=O)(=O)N2CCCCC2)=NN1c1ccccc1. The predicted molar refractivity (Wildman–Crippen MR) is 122 cm³/mol. The number of anilines is 2. The monoisotopic (exact) mass is 455 g/mol. The van der Waals surface area contributed by atoms with Gasteiger partial charge in [-0.05, 0) is 37.1 Å². The van der Waals surface area contributed by atoms with Crippen molar-refractivity contribution in [2.24, 2.45) is 10.8 Å². The molecule has 1 fully saturated rings. The first kappa shape index (κ1) is 22.0. The van der Waals surface area contributed by atoms with Crippen molar-refractivity contribution in [1.29, 1.82) is 0 Å². The Morgan fingerprint density at radius 1 is 0.969 bits per heavy atom. The van der Waals surface area contributed by atoms with Crippen molar-refractivity contribution in [3.63, 3.8) is 0 Å². The number of primary amides is 1. The summed E-state index contributed by atoms with van der Waals surface area (Å²) in [5, 5.41) is 8.42. The van der Waals surface area contributed by atoms with Crippen molar-refractivity contribution in [3.05, 3.63) is 54.6 Å². The summed E-state index contributed by atoms with van der Waals surface area (Å²) in [4.78, 5) is 25.0. The summed E-state index contributed by atoms with van der Waals surface area (Å²) < 4.78 is 27.8. The number of para-hydroxylation sites is 2. The molecule has 0 radical (unpaired) electrons. The molecule has 9 nitrogen and oxygen atoms in total. The number of piperidine rings is 1. The van der Waals surface area contributed by atoms with E-state index >= 15 is 0 Å². The second-order valence-electron chi connectivity index (χ2n) is 7.76. The van der Waals surface area contributed by atoms with Gasteiger partial charge in [0.05, 0.1) is 11.4 Å². The van der Waals surface area contributed by atoms with Gasteiger partial charge >= 0.3 is 0 Å². The lowest BCUT2D eigenvalue weighted by molar-refractivity contribution is -0.119. The Labute approximate surface area is 186 Å². The first-order chi connectivity index (χ1) is 15.4. The average molecular weight is 456 g/mol. The minimum Gasteiger partial charge on any atom is -0.368 e. The predicted octanol–water partition coefficient (Wildman–Crippen LogP) is 1.92. The van der Waals surface area contributed by atoms with Crippen LogP contribution in [0.4, 0.5) is 11.4 Å². The second kappa shape index (κ2) is 9.09. The van der Waals surface area contributed by atoms with Crippen LogP contribution in [0.5, 0.6) is 0 Å². The van der Waals surface area contributed by atoms with Crippen molar-refractivity contribution >= 4 is 38.9 Å². The van der Waals surface area contributed by atoms with Crippen molar-refractivity contribution in [3.8, 4) is 0 Å². The number of carbonyl (C=O) groups is 2. The van der Waals surface area contributed by atoms with Crippen LogP contribution in [0.25, 0.3) is 0 Å². The van der Waals surface area contributed by atoms with E-state index in [1.54, 1.807) is 42.5 Å². The molecule has 1 atom stereocenters. The molecule has 0 spiro atoms. The fourth-order valence-corrected chi connectivity index (χ4v) is 5.59. The van der Waals surface area contributed by atoms with Crippen molar-refractivity contribution < 1.29 is 18.0 Å². The van der Waals surface area contributed by atoms with Crippen LogP contribution >= 0.6 is 0 Å². The zero-order chi connectivity index (χ0) is 22.7. The van der Waals surface area contributed by atoms with Gasteiger partial charge in [-0.2, -0.15) is 9.41 Å². The van der Waals surface area contributed by atoms with Gasteiger partial charge in [0.15, 0.2) is 0 Å². The molecule has 10 heteroatoms. The number of nitrogens with zero attached hydrogens (tertiary/aromatic N) is 3. The Balaban J connectivity index is 1.59. The Hall–Kier alpha value is -3.24. The van der Waals surface area contributed by atoms with Crippen LogP contribution in [-0.4, -0.2) is 49.4 Å². The number of nitrogens with one attached hydrogen (secondary N) is 1. The summed E-state index contributed by atoms with van der Waals surface area (Å²) in [7, 11) is -3.75. The normalized spacial score (nSPS) is 19.4. The molecule has 2 aliphatic heterocycles. The van der Waals surface area contributed by atoms with E-state index in [4.69, 9.17) is 5.73 Å². The molecule has 0 aromatic heterocycles. The van der Waals surface area contributed by atoms with Crippen LogP contribution < -0.4 is 16.1 Å². The lowest BCUT2D eigenvalue weighted by Gasteiger charge is -2.26. The standard InChI is InChI=1S/C22H25N5O4S/c23-21(28)19-15-18(25-27(19)16-9-3-1-4-10-16)22(29)24-17-11-5-6-12-20(17)32(30,31)26-13-7-2-8-14-26/h1,3-6,9-12,19H,2,7-8,13-15H2,(H2,23,28)(H,24,29). The minimum absolute atomic E-state index is 0.0249. The summed E-state index contributed by atoms with van der Waals surface area (Å²) in [6.45, 7) is 0.924. The summed E-state index contributed by atoms with van der Waals surface area (Å²) in [6, 6.07) is 14.5. The first-order valence-corrected chi connectivity index (χ1v) is 11.9. The van der Waals surface area contributed by atoms with Crippen LogP contribution in [0, 0.1) is 0 Å². The molecule has 32 heavy (non-hydrogen) atoms. The van der Waals surface area contributed by atoms with Gasteiger partial charge in [0.25, 0.3) is 5.91 Å². The van der Waals surface area contributed by atoms with Crippen LogP contribution in [0.1, 0.15) is 25.7 Å². The highest BCUT2D eigenvalue weighted by atomic mass is 32.2. The molecular weight excluding hydrogens is 430 g/mol. The number of sulfonamides is 1. The summed E-state index contributed by atoms with van der Waals surface area (Å²) >= 11 is 0. The molecular formula is C22H25N5O4S. The number of benzene rings is 2. The maximum absolute atomic E-state index is 13.2. The quantitative estimate of drug-likeness (QED) is 0.688. The first-order valence-electron chi connectivity index (χ1n) is 10.5. The van der Waals surface area contributed by atoms with Crippen LogP contribution in [0.15, 0.2) is 64.6 Å². The topological polar surface area (TPSA) is 125 Å². The average Bonchev–Trinajstić information content (AvgIpc) is 3.27. The van der Waals surface area contributed by atoms with Crippen LogP contribution in [-0.2, 0) is 19.6 Å². The molecule has 0 bridgehead atoms. The molecule has 168 valence electrons. The van der Waals surface area contributed by atoms with Crippen LogP contribution in [0.3, 0.4) is 0 Å². The van der Waals surface area contributed by atoms with E-state index in [1.807, 2.05) is 6.07 Å². The Bertz CT molecular complexity index is 1140. The highest BCUT2D eigenvalue weighted by Crippen LogP contribution is 2.28. The van der Waals surface area contributed by atoms with E-state index < -0.39 is 27.9 Å². The largest absolute Gasteiger partial charge is 0.368 e. The third kappa shape index (κ3) is 4.37. The fraction of sp³-hybridized carbons (Fsp3) is 0.318. The van der Waals surface area contributed by atoms with E-state index in [9.17, 15) is 18.0 Å². The van der Waals surface area contributed by atoms with E-state index in [0.717, 1.165) is 19.3 Å². The Morgan fingerprint density at radius 2 is 1.62 bits per heavy atom. The molecule has 2 heterocycles. The molecule has 0 aliphatic carbocycles.